The first-order valence-electron chi connectivity index (χ1n) is 11.3. The zero-order chi connectivity index (χ0) is 21.5. The highest BCUT2D eigenvalue weighted by Crippen LogP contribution is 2.55. The van der Waals surface area contributed by atoms with Gasteiger partial charge in [0.2, 0.25) is 0 Å². The van der Waals surface area contributed by atoms with Crippen LogP contribution in [-0.2, 0) is 22.0 Å². The summed E-state index contributed by atoms with van der Waals surface area (Å²) in [6.45, 7) is 11.5. The maximum absolute atomic E-state index is 13.2. The van der Waals surface area contributed by atoms with Crippen molar-refractivity contribution in [3.8, 4) is 5.75 Å². The Hall–Kier alpha value is -2.40. The average molecular weight is 449 g/mol. The number of esters is 1. The summed E-state index contributed by atoms with van der Waals surface area (Å²) in [6, 6.07) is 10.4. The molecule has 0 saturated carbocycles. The molecule has 0 radical (unpaired) electrons. The van der Waals surface area contributed by atoms with Crippen LogP contribution in [0.15, 0.2) is 30.3 Å². The van der Waals surface area contributed by atoms with Crippen molar-refractivity contribution < 1.29 is 9.53 Å². The molecule has 32 heavy (non-hydrogen) atoms. The first kappa shape index (κ1) is 21.4. The summed E-state index contributed by atoms with van der Waals surface area (Å²) in [5, 5.41) is 0.864. The van der Waals surface area contributed by atoms with Gasteiger partial charge in [0.15, 0.2) is 0 Å². The van der Waals surface area contributed by atoms with Gasteiger partial charge in [0.05, 0.1) is 10.2 Å². The number of fused-ring (bicyclic) bond motifs is 3. The molecule has 0 bridgehead atoms. The summed E-state index contributed by atoms with van der Waals surface area (Å²) in [6.07, 6.45) is 2.90. The Morgan fingerprint density at radius 2 is 1.81 bits per heavy atom. The lowest BCUT2D eigenvalue weighted by Gasteiger charge is -2.49. The Morgan fingerprint density at radius 3 is 2.56 bits per heavy atom. The number of hydrogen-bond acceptors (Lipinski definition) is 5. The normalized spacial score (nSPS) is 22.6. The Kier molecular flexibility index (Phi) is 4.72. The van der Waals surface area contributed by atoms with Gasteiger partial charge in [0.25, 0.3) is 0 Å². The standard InChI is InChI=1S/C26H28N2O2S.CH4/c1-25(2)9-11-28-12-10-26(3,4)20-21(28)17(25)14-15-13-16(24(29)30-22(15)20)23-27-18-7-5-6-8-19(18)31-23;/h5-8,14,16H,9-13H2,1-4H3;1H4. The molecule has 0 amide bonds. The van der Waals surface area contributed by atoms with E-state index in [2.05, 4.69) is 44.7 Å². The van der Waals surface area contributed by atoms with Crippen molar-refractivity contribution in [2.24, 2.45) is 0 Å². The smallest absolute Gasteiger partial charge is 0.321 e. The van der Waals surface area contributed by atoms with Gasteiger partial charge in [0.1, 0.15) is 16.7 Å². The van der Waals surface area contributed by atoms with Gasteiger partial charge in [-0.05, 0) is 59.4 Å². The van der Waals surface area contributed by atoms with Crippen molar-refractivity contribution in [2.45, 2.75) is 71.1 Å². The molecule has 0 fully saturated rings. The monoisotopic (exact) mass is 448 g/mol. The molecule has 2 aromatic carbocycles. The van der Waals surface area contributed by atoms with E-state index in [1.54, 1.807) is 11.3 Å². The Morgan fingerprint density at radius 1 is 1.09 bits per heavy atom. The average Bonchev–Trinajstić information content (AvgIpc) is 3.15. The molecule has 4 nitrogen and oxygen atoms in total. The lowest BCUT2D eigenvalue weighted by Crippen LogP contribution is -2.45. The van der Waals surface area contributed by atoms with Crippen LogP contribution in [0.2, 0.25) is 0 Å². The molecule has 0 aliphatic carbocycles. The van der Waals surface area contributed by atoms with E-state index in [9.17, 15) is 4.79 Å². The first-order chi connectivity index (χ1) is 14.7. The topological polar surface area (TPSA) is 42.4 Å². The lowest BCUT2D eigenvalue weighted by molar-refractivity contribution is -0.137. The van der Waals surface area contributed by atoms with Crippen molar-refractivity contribution >= 4 is 33.2 Å². The highest BCUT2D eigenvalue weighted by atomic mass is 32.1. The fraction of sp³-hybridized carbons (Fsp3) is 0.481. The first-order valence-corrected chi connectivity index (χ1v) is 12.1. The third kappa shape index (κ3) is 3.01. The fourth-order valence-corrected chi connectivity index (χ4v) is 6.63. The molecule has 3 aliphatic heterocycles. The number of nitrogens with zero attached hydrogens (tertiary/aromatic N) is 2. The molecule has 6 rings (SSSR count). The highest BCUT2D eigenvalue weighted by Gasteiger charge is 2.45. The second kappa shape index (κ2) is 7.05. The minimum Gasteiger partial charge on any atom is -0.425 e. The van der Waals surface area contributed by atoms with Crippen LogP contribution < -0.4 is 9.64 Å². The van der Waals surface area contributed by atoms with Crippen LogP contribution in [0.1, 0.15) is 75.6 Å². The summed E-state index contributed by atoms with van der Waals surface area (Å²) >= 11 is 1.61. The van der Waals surface area contributed by atoms with E-state index < -0.39 is 0 Å². The summed E-state index contributed by atoms with van der Waals surface area (Å²) in [5.41, 5.74) is 6.23. The van der Waals surface area contributed by atoms with Crippen LogP contribution >= 0.6 is 11.3 Å². The quantitative estimate of drug-likeness (QED) is 0.321. The Balaban J connectivity index is 0.00000216. The molecule has 0 N–H and O–H groups in total. The molecule has 168 valence electrons. The van der Waals surface area contributed by atoms with E-state index in [1.165, 1.54) is 22.4 Å². The summed E-state index contributed by atoms with van der Waals surface area (Å²) < 4.78 is 7.29. The number of carbonyl (C=O) groups excluding carboxylic acids is 1. The highest BCUT2D eigenvalue weighted by molar-refractivity contribution is 7.18. The molecule has 3 aliphatic rings. The van der Waals surface area contributed by atoms with Gasteiger partial charge < -0.3 is 9.64 Å². The van der Waals surface area contributed by atoms with Crippen molar-refractivity contribution in [1.82, 2.24) is 4.98 Å². The number of hydrogen-bond donors (Lipinski definition) is 0. The van der Waals surface area contributed by atoms with E-state index >= 15 is 0 Å². The van der Waals surface area contributed by atoms with Crippen LogP contribution in [0.25, 0.3) is 10.2 Å². The van der Waals surface area contributed by atoms with Gasteiger partial charge in [-0.1, -0.05) is 47.3 Å². The zero-order valence-corrected chi connectivity index (χ0v) is 19.4. The Labute approximate surface area is 194 Å². The largest absolute Gasteiger partial charge is 0.425 e. The number of ether oxygens (including phenoxy) is 1. The van der Waals surface area contributed by atoms with E-state index in [1.807, 2.05) is 18.2 Å². The van der Waals surface area contributed by atoms with Gasteiger partial charge >= 0.3 is 5.97 Å². The molecule has 4 heterocycles. The number of carbonyl (C=O) groups is 1. The molecule has 0 spiro atoms. The summed E-state index contributed by atoms with van der Waals surface area (Å²) in [4.78, 5) is 20.5. The van der Waals surface area contributed by atoms with E-state index in [4.69, 9.17) is 9.72 Å². The molecular formula is C27H32N2O2S. The van der Waals surface area contributed by atoms with Gasteiger partial charge in [-0.15, -0.1) is 11.3 Å². The van der Waals surface area contributed by atoms with Crippen LogP contribution in [0, 0.1) is 0 Å². The molecule has 1 aromatic heterocycles. The van der Waals surface area contributed by atoms with E-state index in [-0.39, 0.29) is 30.1 Å². The van der Waals surface area contributed by atoms with Gasteiger partial charge in [0, 0.05) is 24.3 Å². The lowest BCUT2D eigenvalue weighted by atomic mass is 9.68. The van der Waals surface area contributed by atoms with Crippen molar-refractivity contribution in [3.63, 3.8) is 0 Å². The third-order valence-corrected chi connectivity index (χ3v) is 8.73. The summed E-state index contributed by atoms with van der Waals surface area (Å²) in [7, 11) is 0. The molecule has 1 unspecified atom stereocenters. The van der Waals surface area contributed by atoms with Crippen LogP contribution in [-0.4, -0.2) is 24.0 Å². The minimum absolute atomic E-state index is 0. The fourth-order valence-electron chi connectivity index (χ4n) is 5.58. The van der Waals surface area contributed by atoms with Gasteiger partial charge in [-0.25, -0.2) is 4.98 Å². The van der Waals surface area contributed by atoms with E-state index in [0.717, 1.165) is 46.9 Å². The number of rotatable bonds is 1. The maximum atomic E-state index is 13.2. The minimum atomic E-state index is -0.329. The van der Waals surface area contributed by atoms with Gasteiger partial charge in [-0.2, -0.15) is 0 Å². The number of benzene rings is 2. The van der Waals surface area contributed by atoms with Crippen molar-refractivity contribution in [1.29, 1.82) is 0 Å². The van der Waals surface area contributed by atoms with Crippen LogP contribution in [0.5, 0.6) is 5.75 Å². The molecule has 1 atom stereocenters. The van der Waals surface area contributed by atoms with Crippen molar-refractivity contribution in [3.05, 3.63) is 52.0 Å². The zero-order valence-electron chi connectivity index (χ0n) is 18.6. The molecule has 3 aromatic rings. The second-order valence-corrected chi connectivity index (χ2v) is 11.7. The predicted molar refractivity (Wildman–Crippen MR) is 132 cm³/mol. The van der Waals surface area contributed by atoms with Gasteiger partial charge in [-0.3, -0.25) is 4.79 Å². The van der Waals surface area contributed by atoms with Crippen LogP contribution in [0.4, 0.5) is 5.69 Å². The molecular weight excluding hydrogens is 416 g/mol. The Bertz CT molecular complexity index is 1200. The second-order valence-electron chi connectivity index (χ2n) is 10.6. The number of aromatic nitrogens is 1. The van der Waals surface area contributed by atoms with Crippen LogP contribution in [0.3, 0.4) is 0 Å². The van der Waals surface area contributed by atoms with E-state index in [0.29, 0.717) is 6.42 Å². The number of anilines is 1. The molecule has 5 heteroatoms. The molecule has 0 saturated heterocycles. The summed E-state index contributed by atoms with van der Waals surface area (Å²) in [5.74, 6) is 0.337. The number of para-hydroxylation sites is 1. The SMILES string of the molecule is C.CC1(C)CCN2CCC(C)(C)c3c4c(cc1c32)CC(c1nc2ccccc2s1)C(=O)O4. The predicted octanol–water partition coefficient (Wildman–Crippen LogP) is 6.35. The van der Waals surface area contributed by atoms with Crippen molar-refractivity contribution in [2.75, 3.05) is 18.0 Å². The third-order valence-electron chi connectivity index (χ3n) is 7.58. The number of thiazole rings is 1. The maximum Gasteiger partial charge on any atom is 0.321 e.